The Balaban J connectivity index is 1.71. The van der Waals surface area contributed by atoms with Gasteiger partial charge in [0.1, 0.15) is 5.69 Å². The molecule has 3 rings (SSSR count). The standard InChI is InChI=1S/C15H24N4O2/c1-17-10-14(16-11-17)15(20)19-9-13(21-2)7-12(19)8-18-5-3-4-6-18/h10-13H,3-9H2,1-2H3/t12-,13-/m0/s1. The number of aryl methyl sites for hydroxylation is 1. The van der Waals surface area contributed by atoms with Crippen LogP contribution in [0, 0.1) is 0 Å². The number of carbonyl (C=O) groups is 1. The predicted octanol–water partition coefficient (Wildman–Crippen LogP) is 0.745. The van der Waals surface area contributed by atoms with E-state index in [2.05, 4.69) is 9.88 Å². The first-order chi connectivity index (χ1) is 10.2. The molecule has 0 radical (unpaired) electrons. The summed E-state index contributed by atoms with van der Waals surface area (Å²) in [7, 11) is 3.61. The third-order valence-electron chi connectivity index (χ3n) is 4.56. The lowest BCUT2D eigenvalue weighted by Gasteiger charge is -2.27. The van der Waals surface area contributed by atoms with Crippen molar-refractivity contribution < 1.29 is 9.53 Å². The number of methoxy groups -OCH3 is 1. The first-order valence-corrected chi connectivity index (χ1v) is 7.71. The first-order valence-electron chi connectivity index (χ1n) is 7.71. The molecule has 2 aliphatic rings. The van der Waals surface area contributed by atoms with Gasteiger partial charge in [-0.25, -0.2) is 4.98 Å². The molecule has 1 aromatic rings. The summed E-state index contributed by atoms with van der Waals surface area (Å²) in [6.45, 7) is 3.93. The van der Waals surface area contributed by atoms with Crippen LogP contribution in [0.2, 0.25) is 0 Å². The van der Waals surface area contributed by atoms with E-state index in [9.17, 15) is 4.79 Å². The van der Waals surface area contributed by atoms with Crippen molar-refractivity contribution in [2.45, 2.75) is 31.4 Å². The Morgan fingerprint density at radius 3 is 2.81 bits per heavy atom. The highest BCUT2D eigenvalue weighted by Crippen LogP contribution is 2.24. The summed E-state index contributed by atoms with van der Waals surface area (Å²) in [5, 5.41) is 0. The molecule has 6 nitrogen and oxygen atoms in total. The minimum atomic E-state index is 0.0272. The number of nitrogens with zero attached hydrogens (tertiary/aromatic N) is 4. The number of aromatic nitrogens is 2. The van der Waals surface area contributed by atoms with Crippen LogP contribution < -0.4 is 0 Å². The summed E-state index contributed by atoms with van der Waals surface area (Å²) in [5.41, 5.74) is 0.528. The molecular weight excluding hydrogens is 268 g/mol. The molecule has 0 unspecified atom stereocenters. The lowest BCUT2D eigenvalue weighted by atomic mass is 10.2. The summed E-state index contributed by atoms with van der Waals surface area (Å²) in [5.74, 6) is 0.0272. The molecule has 0 N–H and O–H groups in total. The highest BCUT2D eigenvalue weighted by atomic mass is 16.5. The maximum absolute atomic E-state index is 12.7. The second-order valence-corrected chi connectivity index (χ2v) is 6.14. The molecule has 0 aliphatic carbocycles. The van der Waals surface area contributed by atoms with Gasteiger partial charge in [-0.2, -0.15) is 0 Å². The van der Waals surface area contributed by atoms with Crippen LogP contribution >= 0.6 is 0 Å². The fourth-order valence-corrected chi connectivity index (χ4v) is 3.40. The summed E-state index contributed by atoms with van der Waals surface area (Å²) in [6, 6.07) is 0.238. The van der Waals surface area contributed by atoms with Crippen molar-refractivity contribution in [1.82, 2.24) is 19.4 Å². The van der Waals surface area contributed by atoms with Crippen molar-refractivity contribution in [3.05, 3.63) is 18.2 Å². The van der Waals surface area contributed by atoms with Gasteiger partial charge in [-0.3, -0.25) is 4.79 Å². The van der Waals surface area contributed by atoms with Crippen LogP contribution in [0.15, 0.2) is 12.5 Å². The quantitative estimate of drug-likeness (QED) is 0.821. The van der Waals surface area contributed by atoms with Crippen LogP contribution in [0.25, 0.3) is 0 Å². The Hall–Kier alpha value is -1.40. The van der Waals surface area contributed by atoms with Gasteiger partial charge in [0.15, 0.2) is 0 Å². The van der Waals surface area contributed by atoms with Gasteiger partial charge in [-0.15, -0.1) is 0 Å². The predicted molar refractivity (Wildman–Crippen MR) is 79.1 cm³/mol. The van der Waals surface area contributed by atoms with E-state index < -0.39 is 0 Å². The minimum absolute atomic E-state index is 0.0272. The van der Waals surface area contributed by atoms with E-state index >= 15 is 0 Å². The molecule has 21 heavy (non-hydrogen) atoms. The average Bonchev–Trinajstić information content (AvgIpc) is 3.19. The van der Waals surface area contributed by atoms with Crippen molar-refractivity contribution in [3.63, 3.8) is 0 Å². The van der Waals surface area contributed by atoms with Gasteiger partial charge in [0.25, 0.3) is 5.91 Å². The zero-order valence-electron chi connectivity index (χ0n) is 12.9. The van der Waals surface area contributed by atoms with E-state index in [4.69, 9.17) is 4.74 Å². The number of hydrogen-bond donors (Lipinski definition) is 0. The van der Waals surface area contributed by atoms with Crippen LogP contribution in [-0.2, 0) is 11.8 Å². The Bertz CT molecular complexity index is 496. The van der Waals surface area contributed by atoms with E-state index in [0.29, 0.717) is 12.2 Å². The Morgan fingerprint density at radius 1 is 1.43 bits per heavy atom. The van der Waals surface area contributed by atoms with Crippen molar-refractivity contribution >= 4 is 5.91 Å². The molecule has 0 aromatic carbocycles. The van der Waals surface area contributed by atoms with Crippen molar-refractivity contribution in [1.29, 1.82) is 0 Å². The van der Waals surface area contributed by atoms with Crippen molar-refractivity contribution in [3.8, 4) is 0 Å². The zero-order chi connectivity index (χ0) is 14.8. The lowest BCUT2D eigenvalue weighted by Crippen LogP contribution is -2.42. The van der Waals surface area contributed by atoms with Crippen molar-refractivity contribution in [2.75, 3.05) is 33.3 Å². The summed E-state index contributed by atoms with van der Waals surface area (Å²) in [4.78, 5) is 21.3. The Labute approximate surface area is 125 Å². The van der Waals surface area contributed by atoms with Gasteiger partial charge in [0.2, 0.25) is 0 Å². The fourth-order valence-electron chi connectivity index (χ4n) is 3.40. The average molecular weight is 292 g/mol. The van der Waals surface area contributed by atoms with Crippen LogP contribution in [-0.4, -0.2) is 70.7 Å². The third-order valence-corrected chi connectivity index (χ3v) is 4.56. The van der Waals surface area contributed by atoms with Gasteiger partial charge in [-0.1, -0.05) is 0 Å². The van der Waals surface area contributed by atoms with Crippen LogP contribution in [0.5, 0.6) is 0 Å². The molecule has 0 bridgehead atoms. The number of imidazole rings is 1. The molecule has 3 heterocycles. The van der Waals surface area contributed by atoms with Crippen molar-refractivity contribution in [2.24, 2.45) is 7.05 Å². The highest BCUT2D eigenvalue weighted by molar-refractivity contribution is 5.92. The number of ether oxygens (including phenoxy) is 1. The smallest absolute Gasteiger partial charge is 0.274 e. The molecule has 116 valence electrons. The SMILES string of the molecule is CO[C@H]1C[C@@H](CN2CCCC2)N(C(=O)c2cn(C)cn2)C1. The molecule has 2 atom stereocenters. The summed E-state index contributed by atoms with van der Waals surface area (Å²) >= 11 is 0. The molecule has 6 heteroatoms. The van der Waals surface area contributed by atoms with Gasteiger partial charge in [0, 0.05) is 39.5 Å². The van der Waals surface area contributed by atoms with Crippen LogP contribution in [0.4, 0.5) is 0 Å². The number of likely N-dealkylation sites (tertiary alicyclic amines) is 2. The second-order valence-electron chi connectivity index (χ2n) is 6.14. The monoisotopic (exact) mass is 292 g/mol. The zero-order valence-corrected chi connectivity index (χ0v) is 12.9. The van der Waals surface area contributed by atoms with Gasteiger partial charge >= 0.3 is 0 Å². The maximum Gasteiger partial charge on any atom is 0.274 e. The molecule has 2 aliphatic heterocycles. The molecule has 1 aromatic heterocycles. The summed E-state index contributed by atoms with van der Waals surface area (Å²) in [6.07, 6.45) is 7.07. The van der Waals surface area contributed by atoms with Gasteiger partial charge in [-0.05, 0) is 32.4 Å². The van der Waals surface area contributed by atoms with E-state index in [1.807, 2.05) is 16.5 Å². The summed E-state index contributed by atoms with van der Waals surface area (Å²) < 4.78 is 7.30. The molecular formula is C15H24N4O2. The number of rotatable bonds is 4. The fraction of sp³-hybridized carbons (Fsp3) is 0.733. The van der Waals surface area contributed by atoms with Crippen LogP contribution in [0.3, 0.4) is 0 Å². The van der Waals surface area contributed by atoms with Gasteiger partial charge in [0.05, 0.1) is 12.4 Å². The van der Waals surface area contributed by atoms with Crippen LogP contribution in [0.1, 0.15) is 29.8 Å². The molecule has 1 amide bonds. The Kier molecular flexibility index (Phi) is 4.26. The van der Waals surface area contributed by atoms with E-state index in [1.165, 1.54) is 12.8 Å². The molecule has 2 fully saturated rings. The Morgan fingerprint density at radius 2 is 2.19 bits per heavy atom. The van der Waals surface area contributed by atoms with E-state index in [0.717, 1.165) is 26.1 Å². The second kappa shape index (κ2) is 6.15. The van der Waals surface area contributed by atoms with Gasteiger partial charge < -0.3 is 19.1 Å². The number of hydrogen-bond acceptors (Lipinski definition) is 4. The normalized spacial score (nSPS) is 26.7. The largest absolute Gasteiger partial charge is 0.380 e. The third kappa shape index (κ3) is 3.11. The first kappa shape index (κ1) is 14.5. The number of carbonyl (C=O) groups excluding carboxylic acids is 1. The van der Waals surface area contributed by atoms with E-state index in [1.54, 1.807) is 19.6 Å². The highest BCUT2D eigenvalue weighted by Gasteiger charge is 2.37. The molecule has 0 saturated carbocycles. The minimum Gasteiger partial charge on any atom is -0.380 e. The molecule has 0 spiro atoms. The lowest BCUT2D eigenvalue weighted by molar-refractivity contribution is 0.0665. The maximum atomic E-state index is 12.7. The topological polar surface area (TPSA) is 50.6 Å². The number of amides is 1. The molecule has 2 saturated heterocycles. The van der Waals surface area contributed by atoms with E-state index in [-0.39, 0.29) is 18.1 Å².